The summed E-state index contributed by atoms with van der Waals surface area (Å²) in [5, 5.41) is 9.12. The van der Waals surface area contributed by atoms with Crippen molar-refractivity contribution in [1.82, 2.24) is 16.0 Å². The van der Waals surface area contributed by atoms with Gasteiger partial charge in [0.15, 0.2) is 0 Å². The minimum Gasteiger partial charge on any atom is -0.335 e. The first-order valence-corrected chi connectivity index (χ1v) is 5.78. The number of hydrogen-bond acceptors (Lipinski definition) is 2. The van der Waals surface area contributed by atoms with E-state index in [0.717, 1.165) is 13.1 Å². The van der Waals surface area contributed by atoms with E-state index in [4.69, 9.17) is 0 Å². The third-order valence-electron chi connectivity index (χ3n) is 3.24. The predicted octanol–water partition coefficient (Wildman–Crippen LogP) is 0.938. The molecule has 1 aliphatic rings. The highest BCUT2D eigenvalue weighted by Crippen LogP contribution is 2.08. The molecule has 0 bridgehead atoms. The molecule has 0 aromatic rings. The zero-order valence-electron chi connectivity index (χ0n) is 10.1. The first kappa shape index (κ1) is 12.3. The Labute approximate surface area is 92.2 Å². The van der Waals surface area contributed by atoms with Gasteiger partial charge in [0.2, 0.25) is 0 Å². The Kier molecular flexibility index (Phi) is 4.39. The van der Waals surface area contributed by atoms with Gasteiger partial charge in [-0.3, -0.25) is 0 Å². The Morgan fingerprint density at radius 3 is 2.20 bits per heavy atom. The van der Waals surface area contributed by atoms with Gasteiger partial charge in [-0.2, -0.15) is 0 Å². The Hall–Kier alpha value is -0.770. The zero-order valence-corrected chi connectivity index (χ0v) is 10.1. The van der Waals surface area contributed by atoms with Gasteiger partial charge in [-0.1, -0.05) is 13.8 Å². The molecule has 1 rings (SSSR count). The zero-order chi connectivity index (χ0) is 11.4. The Bertz CT molecular complexity index is 214. The lowest BCUT2D eigenvalue weighted by atomic mass is 9.95. The van der Waals surface area contributed by atoms with Crippen LogP contribution in [-0.2, 0) is 0 Å². The minimum atomic E-state index is -0.0457. The average molecular weight is 213 g/mol. The van der Waals surface area contributed by atoms with Crippen molar-refractivity contribution >= 4 is 6.03 Å². The number of hydrogen-bond donors (Lipinski definition) is 3. The fourth-order valence-electron chi connectivity index (χ4n) is 1.40. The first-order valence-electron chi connectivity index (χ1n) is 5.78. The second kappa shape index (κ2) is 5.35. The van der Waals surface area contributed by atoms with E-state index in [2.05, 4.69) is 36.7 Å². The molecule has 0 saturated carbocycles. The van der Waals surface area contributed by atoms with E-state index in [0.29, 0.717) is 11.8 Å². The maximum absolute atomic E-state index is 11.6. The molecular formula is C11H23N3O. The standard InChI is InChI=1S/C11H23N3O/c1-7(2)8(3)13-11(15)14-9(4)10-5-12-6-10/h7-10,12H,5-6H2,1-4H3,(H2,13,14,15). The van der Waals surface area contributed by atoms with Crippen molar-refractivity contribution in [2.75, 3.05) is 13.1 Å². The van der Waals surface area contributed by atoms with Gasteiger partial charge >= 0.3 is 6.03 Å². The molecule has 2 amide bonds. The van der Waals surface area contributed by atoms with Gasteiger partial charge in [-0.15, -0.1) is 0 Å². The quantitative estimate of drug-likeness (QED) is 0.651. The maximum atomic E-state index is 11.6. The molecule has 3 N–H and O–H groups in total. The van der Waals surface area contributed by atoms with E-state index in [1.807, 2.05) is 6.92 Å². The van der Waals surface area contributed by atoms with Crippen LogP contribution in [0.25, 0.3) is 0 Å². The van der Waals surface area contributed by atoms with Crippen LogP contribution in [0.2, 0.25) is 0 Å². The van der Waals surface area contributed by atoms with Crippen LogP contribution in [0.4, 0.5) is 4.79 Å². The Morgan fingerprint density at radius 2 is 1.80 bits per heavy atom. The fourth-order valence-corrected chi connectivity index (χ4v) is 1.40. The summed E-state index contributed by atoms with van der Waals surface area (Å²) < 4.78 is 0. The molecule has 4 nitrogen and oxygen atoms in total. The summed E-state index contributed by atoms with van der Waals surface area (Å²) in [7, 11) is 0. The van der Waals surface area contributed by atoms with Crippen LogP contribution >= 0.6 is 0 Å². The van der Waals surface area contributed by atoms with Crippen molar-refractivity contribution in [3.8, 4) is 0 Å². The normalized spacial score (nSPS) is 20.6. The van der Waals surface area contributed by atoms with Gasteiger partial charge in [0.25, 0.3) is 0 Å². The minimum absolute atomic E-state index is 0.0457. The van der Waals surface area contributed by atoms with E-state index in [1.54, 1.807) is 0 Å². The monoisotopic (exact) mass is 213 g/mol. The van der Waals surface area contributed by atoms with Crippen molar-refractivity contribution in [3.63, 3.8) is 0 Å². The van der Waals surface area contributed by atoms with Crippen molar-refractivity contribution in [3.05, 3.63) is 0 Å². The third kappa shape index (κ3) is 3.70. The Balaban J connectivity index is 2.22. The number of carbonyl (C=O) groups excluding carboxylic acids is 1. The molecule has 1 aliphatic heterocycles. The molecule has 1 fully saturated rings. The molecule has 2 unspecified atom stereocenters. The van der Waals surface area contributed by atoms with E-state index in [-0.39, 0.29) is 18.1 Å². The van der Waals surface area contributed by atoms with Gasteiger partial charge in [0.1, 0.15) is 0 Å². The molecule has 0 aromatic carbocycles. The maximum Gasteiger partial charge on any atom is 0.315 e. The van der Waals surface area contributed by atoms with Gasteiger partial charge in [-0.05, 0) is 19.8 Å². The summed E-state index contributed by atoms with van der Waals surface area (Å²) in [6, 6.07) is 0.429. The van der Waals surface area contributed by atoms with Crippen LogP contribution in [0.1, 0.15) is 27.7 Å². The summed E-state index contributed by atoms with van der Waals surface area (Å²) in [4.78, 5) is 11.6. The lowest BCUT2D eigenvalue weighted by molar-refractivity contribution is 0.216. The van der Waals surface area contributed by atoms with Crippen molar-refractivity contribution in [2.45, 2.75) is 39.8 Å². The highest BCUT2D eigenvalue weighted by atomic mass is 16.2. The van der Waals surface area contributed by atoms with E-state index >= 15 is 0 Å². The molecule has 0 aromatic heterocycles. The van der Waals surface area contributed by atoms with Crippen LogP contribution < -0.4 is 16.0 Å². The molecule has 0 radical (unpaired) electrons. The van der Waals surface area contributed by atoms with Crippen molar-refractivity contribution in [2.24, 2.45) is 11.8 Å². The lowest BCUT2D eigenvalue weighted by Gasteiger charge is -2.33. The summed E-state index contributed by atoms with van der Waals surface area (Å²) in [6.07, 6.45) is 0. The molecule has 4 heteroatoms. The average Bonchev–Trinajstić information content (AvgIpc) is 1.99. The van der Waals surface area contributed by atoms with Gasteiger partial charge in [-0.25, -0.2) is 4.79 Å². The largest absolute Gasteiger partial charge is 0.335 e. The third-order valence-corrected chi connectivity index (χ3v) is 3.24. The summed E-state index contributed by atoms with van der Waals surface area (Å²) in [6.45, 7) is 10.3. The number of nitrogens with one attached hydrogen (secondary N) is 3. The number of rotatable bonds is 4. The topological polar surface area (TPSA) is 53.2 Å². The number of amides is 2. The smallest absolute Gasteiger partial charge is 0.315 e. The van der Waals surface area contributed by atoms with Crippen LogP contribution in [0.15, 0.2) is 0 Å². The molecule has 0 aliphatic carbocycles. The molecule has 2 atom stereocenters. The summed E-state index contributed by atoms with van der Waals surface area (Å²) in [5.41, 5.74) is 0. The van der Waals surface area contributed by atoms with E-state index < -0.39 is 0 Å². The van der Waals surface area contributed by atoms with Crippen LogP contribution in [0.3, 0.4) is 0 Å². The molecule has 1 saturated heterocycles. The summed E-state index contributed by atoms with van der Waals surface area (Å²) >= 11 is 0. The van der Waals surface area contributed by atoms with E-state index in [9.17, 15) is 4.79 Å². The first-order chi connectivity index (χ1) is 7.00. The van der Waals surface area contributed by atoms with Crippen LogP contribution in [0.5, 0.6) is 0 Å². The van der Waals surface area contributed by atoms with Gasteiger partial charge in [0, 0.05) is 31.1 Å². The molecule has 0 spiro atoms. The van der Waals surface area contributed by atoms with Crippen molar-refractivity contribution in [1.29, 1.82) is 0 Å². The number of carbonyl (C=O) groups is 1. The number of urea groups is 1. The van der Waals surface area contributed by atoms with Gasteiger partial charge in [0.05, 0.1) is 0 Å². The van der Waals surface area contributed by atoms with Gasteiger partial charge < -0.3 is 16.0 Å². The molecule has 88 valence electrons. The second-order valence-electron chi connectivity index (χ2n) is 4.86. The fraction of sp³-hybridized carbons (Fsp3) is 0.909. The highest BCUT2D eigenvalue weighted by Gasteiger charge is 2.24. The molecule has 1 heterocycles. The van der Waals surface area contributed by atoms with Crippen LogP contribution in [0, 0.1) is 11.8 Å². The predicted molar refractivity (Wildman–Crippen MR) is 61.8 cm³/mol. The summed E-state index contributed by atoms with van der Waals surface area (Å²) in [5.74, 6) is 1.06. The van der Waals surface area contributed by atoms with E-state index in [1.165, 1.54) is 0 Å². The SMILES string of the molecule is CC(C)C(C)NC(=O)NC(C)C1CNC1. The van der Waals surface area contributed by atoms with Crippen LogP contribution in [-0.4, -0.2) is 31.2 Å². The Morgan fingerprint density at radius 1 is 1.20 bits per heavy atom. The lowest BCUT2D eigenvalue weighted by Crippen LogP contribution is -2.55. The highest BCUT2D eigenvalue weighted by molar-refractivity contribution is 5.74. The second-order valence-corrected chi connectivity index (χ2v) is 4.86. The molecular weight excluding hydrogens is 190 g/mol. The van der Waals surface area contributed by atoms with Crippen molar-refractivity contribution < 1.29 is 4.79 Å². The molecule has 15 heavy (non-hydrogen) atoms.